The van der Waals surface area contributed by atoms with Crippen LogP contribution in [0.4, 0.5) is 8.78 Å². The molecule has 0 aromatic heterocycles. The lowest BCUT2D eigenvalue weighted by Crippen LogP contribution is -2.38. The van der Waals surface area contributed by atoms with Gasteiger partial charge in [0.15, 0.2) is 5.78 Å². The van der Waals surface area contributed by atoms with E-state index in [2.05, 4.69) is 0 Å². The van der Waals surface area contributed by atoms with Gasteiger partial charge in [-0.2, -0.15) is 0 Å². The highest BCUT2D eigenvalue weighted by atomic mass is 19.1. The molecule has 0 fully saturated rings. The van der Waals surface area contributed by atoms with Crippen molar-refractivity contribution in [1.82, 2.24) is 4.90 Å². The van der Waals surface area contributed by atoms with E-state index in [4.69, 9.17) is 5.11 Å². The molecule has 0 amide bonds. The Morgan fingerprint density at radius 1 is 1.39 bits per heavy atom. The van der Waals surface area contributed by atoms with Crippen LogP contribution in [-0.4, -0.2) is 41.5 Å². The SMILES string of the molecule is CC(C)N(CCO)CC(=O)c1cc(F)ccc1F. The second-order valence-corrected chi connectivity index (χ2v) is 4.34. The number of aliphatic hydroxyl groups is 1. The van der Waals surface area contributed by atoms with Gasteiger partial charge in [-0.1, -0.05) is 0 Å². The molecule has 0 saturated carbocycles. The van der Waals surface area contributed by atoms with Crippen LogP contribution in [0.2, 0.25) is 0 Å². The number of nitrogens with zero attached hydrogens (tertiary/aromatic N) is 1. The number of carbonyl (C=O) groups excluding carboxylic acids is 1. The lowest BCUT2D eigenvalue weighted by atomic mass is 10.1. The molecule has 0 bridgehead atoms. The molecule has 1 N–H and O–H groups in total. The predicted octanol–water partition coefficient (Wildman–Crippen LogP) is 1.85. The Morgan fingerprint density at radius 2 is 2.06 bits per heavy atom. The number of aliphatic hydroxyl groups excluding tert-OH is 1. The van der Waals surface area contributed by atoms with Crippen LogP contribution < -0.4 is 0 Å². The summed E-state index contributed by atoms with van der Waals surface area (Å²) in [5.74, 6) is -1.86. The molecule has 18 heavy (non-hydrogen) atoms. The Kier molecular flexibility index (Phi) is 5.37. The van der Waals surface area contributed by atoms with Crippen LogP contribution in [0.3, 0.4) is 0 Å². The van der Waals surface area contributed by atoms with Crippen LogP contribution in [-0.2, 0) is 0 Å². The van der Waals surface area contributed by atoms with Crippen molar-refractivity contribution in [2.75, 3.05) is 19.7 Å². The van der Waals surface area contributed by atoms with E-state index in [0.717, 1.165) is 18.2 Å². The van der Waals surface area contributed by atoms with Crippen LogP contribution in [0.15, 0.2) is 18.2 Å². The van der Waals surface area contributed by atoms with Crippen molar-refractivity contribution < 1.29 is 18.7 Å². The Morgan fingerprint density at radius 3 is 2.61 bits per heavy atom. The van der Waals surface area contributed by atoms with Crippen molar-refractivity contribution >= 4 is 5.78 Å². The third kappa shape index (κ3) is 3.85. The van der Waals surface area contributed by atoms with E-state index in [0.29, 0.717) is 6.54 Å². The first-order valence-corrected chi connectivity index (χ1v) is 5.79. The van der Waals surface area contributed by atoms with Gasteiger partial charge >= 0.3 is 0 Å². The molecule has 0 aliphatic heterocycles. The molecule has 0 unspecified atom stereocenters. The first kappa shape index (κ1) is 14.7. The predicted molar refractivity (Wildman–Crippen MR) is 64.5 cm³/mol. The van der Waals surface area contributed by atoms with E-state index in [-0.39, 0.29) is 24.8 Å². The summed E-state index contributed by atoms with van der Waals surface area (Å²) in [6.45, 7) is 3.92. The molecule has 0 aliphatic rings. The van der Waals surface area contributed by atoms with Crippen molar-refractivity contribution in [3.63, 3.8) is 0 Å². The molecule has 1 rings (SSSR count). The molecule has 0 heterocycles. The summed E-state index contributed by atoms with van der Waals surface area (Å²) in [5.41, 5.74) is -0.251. The zero-order chi connectivity index (χ0) is 13.7. The standard InChI is InChI=1S/C13H17F2NO2/c1-9(2)16(5-6-17)8-13(18)11-7-10(14)3-4-12(11)15/h3-4,7,9,17H,5-6,8H2,1-2H3. The highest BCUT2D eigenvalue weighted by Crippen LogP contribution is 2.12. The van der Waals surface area contributed by atoms with Gasteiger partial charge in [0.25, 0.3) is 0 Å². The van der Waals surface area contributed by atoms with E-state index in [1.54, 1.807) is 4.90 Å². The monoisotopic (exact) mass is 257 g/mol. The number of ketones is 1. The molecule has 1 aromatic rings. The Bertz CT molecular complexity index is 421. The van der Waals surface area contributed by atoms with Crippen LogP contribution in [0.5, 0.6) is 0 Å². The maximum Gasteiger partial charge on any atom is 0.179 e. The largest absolute Gasteiger partial charge is 0.395 e. The highest BCUT2D eigenvalue weighted by Gasteiger charge is 2.18. The van der Waals surface area contributed by atoms with E-state index in [1.807, 2.05) is 13.8 Å². The molecule has 0 atom stereocenters. The number of hydrogen-bond donors (Lipinski definition) is 1. The minimum Gasteiger partial charge on any atom is -0.395 e. The minimum absolute atomic E-state index is 0.0396. The average Bonchev–Trinajstić information content (AvgIpc) is 2.31. The number of halogens is 2. The molecule has 5 heteroatoms. The minimum atomic E-state index is -0.728. The number of rotatable bonds is 6. The topological polar surface area (TPSA) is 40.5 Å². The normalized spacial score (nSPS) is 11.3. The van der Waals surface area contributed by atoms with Gasteiger partial charge in [-0.3, -0.25) is 9.69 Å². The fourth-order valence-electron chi connectivity index (χ4n) is 1.63. The number of benzene rings is 1. The number of hydrogen-bond acceptors (Lipinski definition) is 3. The van der Waals surface area contributed by atoms with E-state index >= 15 is 0 Å². The van der Waals surface area contributed by atoms with Gasteiger partial charge in [0.05, 0.1) is 18.7 Å². The van der Waals surface area contributed by atoms with Crippen molar-refractivity contribution in [3.05, 3.63) is 35.4 Å². The van der Waals surface area contributed by atoms with Crippen LogP contribution in [0.1, 0.15) is 24.2 Å². The van der Waals surface area contributed by atoms with E-state index < -0.39 is 17.4 Å². The summed E-state index contributed by atoms with van der Waals surface area (Å²) in [5, 5.41) is 8.88. The summed E-state index contributed by atoms with van der Waals surface area (Å²) in [6, 6.07) is 2.85. The van der Waals surface area contributed by atoms with Gasteiger partial charge in [-0.15, -0.1) is 0 Å². The van der Waals surface area contributed by atoms with Gasteiger partial charge < -0.3 is 5.11 Å². The summed E-state index contributed by atoms with van der Waals surface area (Å²) in [4.78, 5) is 13.6. The fraction of sp³-hybridized carbons (Fsp3) is 0.462. The van der Waals surface area contributed by atoms with Crippen LogP contribution in [0.25, 0.3) is 0 Å². The van der Waals surface area contributed by atoms with Crippen LogP contribution >= 0.6 is 0 Å². The second-order valence-electron chi connectivity index (χ2n) is 4.34. The molecule has 0 radical (unpaired) electrons. The smallest absolute Gasteiger partial charge is 0.179 e. The molecular weight excluding hydrogens is 240 g/mol. The summed E-state index contributed by atoms with van der Waals surface area (Å²) in [7, 11) is 0. The van der Waals surface area contributed by atoms with Crippen molar-refractivity contribution in [2.24, 2.45) is 0 Å². The van der Waals surface area contributed by atoms with Gasteiger partial charge in [-0.25, -0.2) is 8.78 Å². The van der Waals surface area contributed by atoms with Crippen molar-refractivity contribution in [2.45, 2.75) is 19.9 Å². The molecule has 0 saturated heterocycles. The third-order valence-corrected chi connectivity index (χ3v) is 2.69. The van der Waals surface area contributed by atoms with Gasteiger partial charge in [0, 0.05) is 12.6 Å². The Balaban J connectivity index is 2.83. The molecular formula is C13H17F2NO2. The molecule has 0 spiro atoms. The zero-order valence-corrected chi connectivity index (χ0v) is 10.5. The molecule has 100 valence electrons. The lowest BCUT2D eigenvalue weighted by molar-refractivity contribution is 0.0877. The first-order valence-electron chi connectivity index (χ1n) is 5.79. The fourth-order valence-corrected chi connectivity index (χ4v) is 1.63. The Labute approximate surface area is 105 Å². The second kappa shape index (κ2) is 6.56. The number of carbonyl (C=O) groups is 1. The summed E-state index contributed by atoms with van der Waals surface area (Å²) >= 11 is 0. The van der Waals surface area contributed by atoms with Gasteiger partial charge in [0.1, 0.15) is 11.6 Å². The maximum absolute atomic E-state index is 13.4. The first-order chi connectivity index (χ1) is 8.45. The van der Waals surface area contributed by atoms with E-state index in [1.165, 1.54) is 0 Å². The maximum atomic E-state index is 13.4. The summed E-state index contributed by atoms with van der Waals surface area (Å²) < 4.78 is 26.4. The van der Waals surface area contributed by atoms with E-state index in [9.17, 15) is 13.6 Å². The quantitative estimate of drug-likeness (QED) is 0.791. The molecule has 0 aliphatic carbocycles. The number of Topliss-reactive ketones (excluding diaryl/α,β-unsaturated/α-hetero) is 1. The van der Waals surface area contributed by atoms with Gasteiger partial charge in [0.2, 0.25) is 0 Å². The van der Waals surface area contributed by atoms with Crippen molar-refractivity contribution in [1.29, 1.82) is 0 Å². The summed E-state index contributed by atoms with van der Waals surface area (Å²) in [6.07, 6.45) is 0. The third-order valence-electron chi connectivity index (χ3n) is 2.69. The molecule has 3 nitrogen and oxygen atoms in total. The lowest BCUT2D eigenvalue weighted by Gasteiger charge is -2.24. The Hall–Kier alpha value is -1.33. The molecule has 1 aromatic carbocycles. The average molecular weight is 257 g/mol. The highest BCUT2D eigenvalue weighted by molar-refractivity contribution is 5.97. The zero-order valence-electron chi connectivity index (χ0n) is 10.5. The van der Waals surface area contributed by atoms with Gasteiger partial charge in [-0.05, 0) is 32.0 Å². The van der Waals surface area contributed by atoms with Crippen LogP contribution in [0, 0.1) is 11.6 Å². The van der Waals surface area contributed by atoms with Crippen molar-refractivity contribution in [3.8, 4) is 0 Å².